The highest BCUT2D eigenvalue weighted by molar-refractivity contribution is 6.07. The number of benzene rings is 1. The smallest absolute Gasteiger partial charge is 0.339 e. The number of hydrogen-bond donors (Lipinski definition) is 1. The van der Waals surface area contributed by atoms with E-state index in [1.165, 1.54) is 19.5 Å². The summed E-state index contributed by atoms with van der Waals surface area (Å²) in [5, 5.41) is 2.69. The number of anilines is 2. The van der Waals surface area contributed by atoms with Gasteiger partial charge in [0.15, 0.2) is 0 Å². The second-order valence-electron chi connectivity index (χ2n) is 5.36. The number of rotatable bonds is 4. The fourth-order valence-corrected chi connectivity index (χ4v) is 2.44. The molecule has 0 spiro atoms. The molecule has 2 heterocycles. The van der Waals surface area contributed by atoms with Crippen LogP contribution in [0.3, 0.4) is 0 Å². The van der Waals surface area contributed by atoms with Crippen molar-refractivity contribution in [2.45, 2.75) is 0 Å². The minimum atomic E-state index is -0.519. The first-order valence-corrected chi connectivity index (χ1v) is 7.82. The third-order valence-electron chi connectivity index (χ3n) is 3.77. The molecular weight excluding hydrogens is 324 g/mol. The van der Waals surface area contributed by atoms with Crippen LogP contribution in [0.4, 0.5) is 11.6 Å². The largest absolute Gasteiger partial charge is 0.465 e. The fraction of sp³-hybridized carbons (Fsp3) is 0.294. The van der Waals surface area contributed by atoms with E-state index in [-0.39, 0.29) is 5.56 Å². The highest BCUT2D eigenvalue weighted by Crippen LogP contribution is 2.17. The number of ether oxygens (including phenoxy) is 2. The number of amides is 1. The summed E-state index contributed by atoms with van der Waals surface area (Å²) in [6.45, 7) is 2.71. The number of carbonyl (C=O) groups is 2. The van der Waals surface area contributed by atoms with Crippen molar-refractivity contribution in [3.63, 3.8) is 0 Å². The van der Waals surface area contributed by atoms with Gasteiger partial charge in [0.05, 0.1) is 37.1 Å². The summed E-state index contributed by atoms with van der Waals surface area (Å²) < 4.78 is 10.0. The van der Waals surface area contributed by atoms with Crippen LogP contribution in [0.2, 0.25) is 0 Å². The molecule has 1 aromatic carbocycles. The monoisotopic (exact) mass is 342 g/mol. The zero-order valence-corrected chi connectivity index (χ0v) is 13.8. The predicted octanol–water partition coefficient (Wildman–Crippen LogP) is 1.35. The highest BCUT2D eigenvalue weighted by atomic mass is 16.5. The lowest BCUT2D eigenvalue weighted by atomic mass is 10.1. The van der Waals surface area contributed by atoms with Crippen LogP contribution < -0.4 is 10.2 Å². The Morgan fingerprint density at radius 1 is 1.16 bits per heavy atom. The maximum absolute atomic E-state index is 12.4. The van der Waals surface area contributed by atoms with E-state index in [9.17, 15) is 9.59 Å². The van der Waals surface area contributed by atoms with E-state index in [2.05, 4.69) is 15.3 Å². The minimum absolute atomic E-state index is 0.282. The second-order valence-corrected chi connectivity index (χ2v) is 5.36. The number of esters is 1. The van der Waals surface area contributed by atoms with E-state index in [4.69, 9.17) is 9.47 Å². The minimum Gasteiger partial charge on any atom is -0.465 e. The molecule has 2 aromatic rings. The van der Waals surface area contributed by atoms with Gasteiger partial charge in [-0.3, -0.25) is 4.79 Å². The summed E-state index contributed by atoms with van der Waals surface area (Å²) in [6.07, 6.45) is 2.93. The van der Waals surface area contributed by atoms with Crippen molar-refractivity contribution in [1.29, 1.82) is 0 Å². The molecule has 25 heavy (non-hydrogen) atoms. The Kier molecular flexibility index (Phi) is 5.20. The van der Waals surface area contributed by atoms with E-state index < -0.39 is 11.9 Å². The zero-order valence-electron chi connectivity index (χ0n) is 13.8. The molecule has 0 atom stereocenters. The molecule has 8 heteroatoms. The summed E-state index contributed by atoms with van der Waals surface area (Å²) >= 11 is 0. The van der Waals surface area contributed by atoms with Crippen molar-refractivity contribution in [3.8, 4) is 0 Å². The molecule has 3 rings (SSSR count). The Morgan fingerprint density at radius 2 is 1.84 bits per heavy atom. The molecule has 8 nitrogen and oxygen atoms in total. The fourth-order valence-electron chi connectivity index (χ4n) is 2.44. The maximum Gasteiger partial charge on any atom is 0.339 e. The average molecular weight is 342 g/mol. The lowest BCUT2D eigenvalue weighted by Crippen LogP contribution is -2.37. The van der Waals surface area contributed by atoms with Crippen LogP contribution in [0.5, 0.6) is 0 Å². The van der Waals surface area contributed by atoms with E-state index in [0.717, 1.165) is 13.1 Å². The molecule has 1 aliphatic rings. The molecule has 1 amide bonds. The molecule has 0 aliphatic carbocycles. The number of morpholine rings is 1. The van der Waals surface area contributed by atoms with Gasteiger partial charge in [-0.25, -0.2) is 14.8 Å². The first kappa shape index (κ1) is 16.8. The number of para-hydroxylation sites is 1. The Hall–Kier alpha value is -3.00. The summed E-state index contributed by atoms with van der Waals surface area (Å²) in [6, 6.07) is 6.63. The molecule has 1 aromatic heterocycles. The van der Waals surface area contributed by atoms with Crippen molar-refractivity contribution in [3.05, 3.63) is 47.8 Å². The number of aromatic nitrogens is 2. The van der Waals surface area contributed by atoms with Gasteiger partial charge >= 0.3 is 5.97 Å². The summed E-state index contributed by atoms with van der Waals surface area (Å²) in [7, 11) is 1.29. The van der Waals surface area contributed by atoms with Gasteiger partial charge in [-0.2, -0.15) is 0 Å². The number of nitrogens with one attached hydrogen (secondary N) is 1. The summed E-state index contributed by atoms with van der Waals surface area (Å²) in [4.78, 5) is 34.6. The lowest BCUT2D eigenvalue weighted by molar-refractivity contribution is 0.0602. The normalized spacial score (nSPS) is 14.0. The molecule has 0 saturated carbocycles. The van der Waals surface area contributed by atoms with Crippen LogP contribution in [0, 0.1) is 0 Å². The maximum atomic E-state index is 12.4. The van der Waals surface area contributed by atoms with Gasteiger partial charge in [-0.05, 0) is 12.1 Å². The summed E-state index contributed by atoms with van der Waals surface area (Å²) in [5.41, 5.74) is 0.956. The number of carbonyl (C=O) groups excluding carboxylic acids is 2. The standard InChI is InChI=1S/C17H18N4O4/c1-24-16(23)13-4-2-3-5-14(13)20-15(22)12-10-18-17(19-11-12)21-6-8-25-9-7-21/h2-5,10-11H,6-9H2,1H3,(H,20,22). The van der Waals surface area contributed by atoms with Gasteiger partial charge in [-0.1, -0.05) is 12.1 Å². The molecule has 1 fully saturated rings. The number of hydrogen-bond acceptors (Lipinski definition) is 7. The van der Waals surface area contributed by atoms with Crippen molar-refractivity contribution in [1.82, 2.24) is 9.97 Å². The van der Waals surface area contributed by atoms with Crippen molar-refractivity contribution in [2.75, 3.05) is 43.6 Å². The Balaban J connectivity index is 1.72. The zero-order chi connectivity index (χ0) is 17.6. The molecule has 1 saturated heterocycles. The topological polar surface area (TPSA) is 93.6 Å². The molecule has 130 valence electrons. The van der Waals surface area contributed by atoms with E-state index in [0.29, 0.717) is 30.4 Å². The van der Waals surface area contributed by atoms with Gasteiger partial charge in [0, 0.05) is 25.5 Å². The van der Waals surface area contributed by atoms with Gasteiger partial charge in [0.2, 0.25) is 5.95 Å². The van der Waals surface area contributed by atoms with Crippen LogP contribution in [-0.2, 0) is 9.47 Å². The third-order valence-corrected chi connectivity index (χ3v) is 3.77. The molecule has 1 aliphatic heterocycles. The predicted molar refractivity (Wildman–Crippen MR) is 90.8 cm³/mol. The molecule has 0 bridgehead atoms. The SMILES string of the molecule is COC(=O)c1ccccc1NC(=O)c1cnc(N2CCOCC2)nc1. The molecular formula is C17H18N4O4. The van der Waals surface area contributed by atoms with Crippen molar-refractivity contribution >= 4 is 23.5 Å². The number of nitrogens with zero attached hydrogens (tertiary/aromatic N) is 3. The van der Waals surface area contributed by atoms with Crippen LogP contribution in [0.25, 0.3) is 0 Å². The van der Waals surface area contributed by atoms with Crippen molar-refractivity contribution in [2.24, 2.45) is 0 Å². The number of methoxy groups -OCH3 is 1. The second kappa shape index (κ2) is 7.71. The van der Waals surface area contributed by atoms with Crippen molar-refractivity contribution < 1.29 is 19.1 Å². The Labute approximate surface area is 144 Å². The highest BCUT2D eigenvalue weighted by Gasteiger charge is 2.17. The first-order valence-electron chi connectivity index (χ1n) is 7.82. The quantitative estimate of drug-likeness (QED) is 0.838. The van der Waals surface area contributed by atoms with E-state index >= 15 is 0 Å². The molecule has 0 radical (unpaired) electrons. The van der Waals surface area contributed by atoms with Gasteiger partial charge in [0.25, 0.3) is 5.91 Å². The van der Waals surface area contributed by atoms with Gasteiger partial charge < -0.3 is 19.7 Å². The van der Waals surface area contributed by atoms with Crippen LogP contribution in [0.15, 0.2) is 36.7 Å². The first-order chi connectivity index (χ1) is 12.2. The lowest BCUT2D eigenvalue weighted by Gasteiger charge is -2.26. The van der Waals surface area contributed by atoms with Gasteiger partial charge in [0.1, 0.15) is 0 Å². The molecule has 1 N–H and O–H groups in total. The van der Waals surface area contributed by atoms with E-state index in [1.54, 1.807) is 24.3 Å². The van der Waals surface area contributed by atoms with E-state index in [1.807, 2.05) is 4.90 Å². The third kappa shape index (κ3) is 3.92. The molecule has 0 unspecified atom stereocenters. The van der Waals surface area contributed by atoms with Crippen LogP contribution in [0.1, 0.15) is 20.7 Å². The van der Waals surface area contributed by atoms with Crippen LogP contribution in [-0.4, -0.2) is 55.3 Å². The summed E-state index contributed by atoms with van der Waals surface area (Å²) in [5.74, 6) is -0.352. The average Bonchev–Trinajstić information content (AvgIpc) is 2.68. The van der Waals surface area contributed by atoms with Crippen LogP contribution >= 0.6 is 0 Å². The Morgan fingerprint density at radius 3 is 2.52 bits per heavy atom. The Bertz CT molecular complexity index is 757. The van der Waals surface area contributed by atoms with Gasteiger partial charge in [-0.15, -0.1) is 0 Å².